The summed E-state index contributed by atoms with van der Waals surface area (Å²) in [6.07, 6.45) is 0. The molecular formula is C13H16N2O2. The van der Waals surface area contributed by atoms with Crippen LogP contribution in [0.1, 0.15) is 6.92 Å². The maximum absolute atomic E-state index is 11.5. The minimum Gasteiger partial charge on any atom is -0.368 e. The number of rotatable bonds is 2. The minimum atomic E-state index is -0.377. The van der Waals surface area contributed by atoms with E-state index in [1.54, 1.807) is 4.90 Å². The first-order valence-electron chi connectivity index (χ1n) is 5.78. The average Bonchev–Trinajstić information content (AvgIpc) is 2.39. The van der Waals surface area contributed by atoms with Gasteiger partial charge < -0.3 is 9.80 Å². The van der Waals surface area contributed by atoms with Crippen LogP contribution in [0.5, 0.6) is 0 Å². The molecule has 0 unspecified atom stereocenters. The molecule has 0 aromatic heterocycles. The van der Waals surface area contributed by atoms with Gasteiger partial charge in [0.05, 0.1) is 0 Å². The number of amides is 1. The molecule has 0 N–H and O–H groups in total. The number of anilines is 1. The molecule has 90 valence electrons. The van der Waals surface area contributed by atoms with Crippen molar-refractivity contribution in [2.75, 3.05) is 31.1 Å². The van der Waals surface area contributed by atoms with Gasteiger partial charge in [0.15, 0.2) is 0 Å². The molecule has 1 heterocycles. The Hall–Kier alpha value is -1.84. The third-order valence-electron chi connectivity index (χ3n) is 2.99. The zero-order valence-corrected chi connectivity index (χ0v) is 9.93. The Morgan fingerprint density at radius 1 is 1.00 bits per heavy atom. The molecule has 4 nitrogen and oxygen atoms in total. The number of benzene rings is 1. The van der Waals surface area contributed by atoms with Crippen LogP contribution in [0.2, 0.25) is 0 Å². The van der Waals surface area contributed by atoms with E-state index in [9.17, 15) is 9.59 Å². The lowest BCUT2D eigenvalue weighted by Gasteiger charge is -2.35. The van der Waals surface area contributed by atoms with Crippen LogP contribution in [-0.2, 0) is 9.59 Å². The Labute approximate surface area is 101 Å². The fourth-order valence-corrected chi connectivity index (χ4v) is 2.03. The van der Waals surface area contributed by atoms with Gasteiger partial charge in [0.25, 0.3) is 5.91 Å². The number of carbonyl (C=O) groups is 2. The molecule has 0 spiro atoms. The number of ketones is 1. The standard InChI is InChI=1S/C13H16N2O2/c1-11(16)13(17)15-9-7-14(8-10-15)12-5-3-2-4-6-12/h2-6H,7-10H2,1H3. The Kier molecular flexibility index (Phi) is 3.42. The molecule has 0 aliphatic carbocycles. The van der Waals surface area contributed by atoms with E-state index in [0.29, 0.717) is 13.1 Å². The summed E-state index contributed by atoms with van der Waals surface area (Å²) >= 11 is 0. The van der Waals surface area contributed by atoms with Crippen LogP contribution in [0.4, 0.5) is 5.69 Å². The van der Waals surface area contributed by atoms with Crippen molar-refractivity contribution >= 4 is 17.4 Å². The highest BCUT2D eigenvalue weighted by Crippen LogP contribution is 2.15. The molecule has 0 saturated carbocycles. The third-order valence-corrected chi connectivity index (χ3v) is 2.99. The molecule has 1 aromatic rings. The highest BCUT2D eigenvalue weighted by atomic mass is 16.2. The van der Waals surface area contributed by atoms with Crippen molar-refractivity contribution in [2.24, 2.45) is 0 Å². The topological polar surface area (TPSA) is 40.6 Å². The van der Waals surface area contributed by atoms with Gasteiger partial charge in [0.2, 0.25) is 5.78 Å². The highest BCUT2D eigenvalue weighted by Gasteiger charge is 2.23. The van der Waals surface area contributed by atoms with Gasteiger partial charge in [-0.1, -0.05) is 18.2 Å². The average molecular weight is 232 g/mol. The molecule has 0 bridgehead atoms. The van der Waals surface area contributed by atoms with Crippen LogP contribution in [-0.4, -0.2) is 42.8 Å². The van der Waals surface area contributed by atoms with Crippen molar-refractivity contribution < 1.29 is 9.59 Å². The number of carbonyl (C=O) groups excluding carboxylic acids is 2. The fourth-order valence-electron chi connectivity index (χ4n) is 2.03. The maximum atomic E-state index is 11.5. The summed E-state index contributed by atoms with van der Waals surface area (Å²) in [6.45, 7) is 4.12. The molecule has 0 atom stereocenters. The van der Waals surface area contributed by atoms with Gasteiger partial charge in [-0.3, -0.25) is 9.59 Å². The summed E-state index contributed by atoms with van der Waals surface area (Å²) in [7, 11) is 0. The first kappa shape index (κ1) is 11.6. The lowest BCUT2D eigenvalue weighted by Crippen LogP contribution is -2.50. The first-order chi connectivity index (χ1) is 8.18. The van der Waals surface area contributed by atoms with E-state index in [1.807, 2.05) is 18.2 Å². The summed E-state index contributed by atoms with van der Waals surface area (Å²) in [5.74, 6) is -0.740. The van der Waals surface area contributed by atoms with Crippen molar-refractivity contribution in [1.29, 1.82) is 0 Å². The molecule has 0 radical (unpaired) electrons. The van der Waals surface area contributed by atoms with Gasteiger partial charge in [-0.2, -0.15) is 0 Å². The summed E-state index contributed by atoms with van der Waals surface area (Å²) in [4.78, 5) is 26.3. The molecule has 2 rings (SSSR count). The Balaban J connectivity index is 1.95. The fraction of sp³-hybridized carbons (Fsp3) is 0.385. The molecule has 1 fully saturated rings. The maximum Gasteiger partial charge on any atom is 0.289 e. The first-order valence-corrected chi connectivity index (χ1v) is 5.78. The molecule has 1 aromatic carbocycles. The SMILES string of the molecule is CC(=O)C(=O)N1CCN(c2ccccc2)CC1. The van der Waals surface area contributed by atoms with E-state index in [2.05, 4.69) is 17.0 Å². The number of hydrogen-bond donors (Lipinski definition) is 0. The highest BCUT2D eigenvalue weighted by molar-refractivity contribution is 6.35. The molecular weight excluding hydrogens is 216 g/mol. The lowest BCUT2D eigenvalue weighted by atomic mass is 10.2. The zero-order chi connectivity index (χ0) is 12.3. The molecule has 1 aliphatic heterocycles. The van der Waals surface area contributed by atoms with Crippen LogP contribution in [0.25, 0.3) is 0 Å². The number of piperazine rings is 1. The monoisotopic (exact) mass is 232 g/mol. The molecule has 17 heavy (non-hydrogen) atoms. The Bertz CT molecular complexity index is 409. The van der Waals surface area contributed by atoms with Crippen LogP contribution >= 0.6 is 0 Å². The molecule has 1 amide bonds. The Morgan fingerprint density at radius 2 is 1.59 bits per heavy atom. The second-order valence-electron chi connectivity index (χ2n) is 4.17. The van der Waals surface area contributed by atoms with Crippen LogP contribution in [0, 0.1) is 0 Å². The van der Waals surface area contributed by atoms with E-state index in [0.717, 1.165) is 13.1 Å². The normalized spacial score (nSPS) is 15.8. The Morgan fingerprint density at radius 3 is 2.12 bits per heavy atom. The van der Waals surface area contributed by atoms with Crippen molar-refractivity contribution in [1.82, 2.24) is 4.90 Å². The van der Waals surface area contributed by atoms with Gasteiger partial charge in [-0.15, -0.1) is 0 Å². The number of hydrogen-bond acceptors (Lipinski definition) is 3. The summed E-state index contributed by atoms with van der Waals surface area (Å²) in [5, 5.41) is 0. The summed E-state index contributed by atoms with van der Waals surface area (Å²) < 4.78 is 0. The number of Topliss-reactive ketones (excluding diaryl/α,β-unsaturated/α-hetero) is 1. The van der Waals surface area contributed by atoms with E-state index >= 15 is 0 Å². The second-order valence-corrected chi connectivity index (χ2v) is 4.17. The molecule has 1 aliphatic rings. The van der Waals surface area contributed by atoms with Gasteiger partial charge in [0.1, 0.15) is 0 Å². The van der Waals surface area contributed by atoms with Crippen molar-refractivity contribution in [3.05, 3.63) is 30.3 Å². The van der Waals surface area contributed by atoms with Crippen LogP contribution in [0.15, 0.2) is 30.3 Å². The molecule has 4 heteroatoms. The van der Waals surface area contributed by atoms with Gasteiger partial charge in [-0.25, -0.2) is 0 Å². The third kappa shape index (κ3) is 2.64. The summed E-state index contributed by atoms with van der Waals surface area (Å²) in [5.41, 5.74) is 1.17. The van der Waals surface area contributed by atoms with Gasteiger partial charge in [-0.05, 0) is 12.1 Å². The number of para-hydroxylation sites is 1. The van der Waals surface area contributed by atoms with Crippen molar-refractivity contribution in [3.63, 3.8) is 0 Å². The summed E-state index contributed by atoms with van der Waals surface area (Å²) in [6, 6.07) is 10.1. The van der Waals surface area contributed by atoms with E-state index < -0.39 is 0 Å². The molecule has 1 saturated heterocycles. The van der Waals surface area contributed by atoms with Crippen molar-refractivity contribution in [3.8, 4) is 0 Å². The van der Waals surface area contributed by atoms with Crippen molar-refractivity contribution in [2.45, 2.75) is 6.92 Å². The minimum absolute atomic E-state index is 0.363. The smallest absolute Gasteiger partial charge is 0.289 e. The largest absolute Gasteiger partial charge is 0.368 e. The lowest BCUT2D eigenvalue weighted by molar-refractivity contribution is -0.143. The van der Waals surface area contributed by atoms with Gasteiger partial charge >= 0.3 is 0 Å². The van der Waals surface area contributed by atoms with Crippen LogP contribution in [0.3, 0.4) is 0 Å². The second kappa shape index (κ2) is 4.99. The predicted octanol–water partition coefficient (Wildman–Crippen LogP) is 0.924. The van der Waals surface area contributed by atoms with Crippen LogP contribution < -0.4 is 4.90 Å². The van der Waals surface area contributed by atoms with Gasteiger partial charge in [0, 0.05) is 38.8 Å². The number of nitrogens with zero attached hydrogens (tertiary/aromatic N) is 2. The zero-order valence-electron chi connectivity index (χ0n) is 9.93. The quantitative estimate of drug-likeness (QED) is 0.712. The van der Waals surface area contributed by atoms with E-state index in [4.69, 9.17) is 0 Å². The predicted molar refractivity (Wildman–Crippen MR) is 65.9 cm³/mol. The van der Waals surface area contributed by atoms with E-state index in [1.165, 1.54) is 12.6 Å². The van der Waals surface area contributed by atoms with E-state index in [-0.39, 0.29) is 11.7 Å².